The number of hydrogen-bond acceptors (Lipinski definition) is 2. The summed E-state index contributed by atoms with van der Waals surface area (Å²) in [6.45, 7) is 0.722. The lowest BCUT2D eigenvalue weighted by Crippen LogP contribution is -2.38. The summed E-state index contributed by atoms with van der Waals surface area (Å²) in [6.07, 6.45) is 4.95. The van der Waals surface area contributed by atoms with E-state index in [1.807, 2.05) is 0 Å². The van der Waals surface area contributed by atoms with E-state index in [-0.39, 0.29) is 18.1 Å². The van der Waals surface area contributed by atoms with E-state index in [9.17, 15) is 4.79 Å². The van der Waals surface area contributed by atoms with Crippen molar-refractivity contribution in [1.29, 1.82) is 0 Å². The number of fused-ring (bicyclic) bond motifs is 1. The van der Waals surface area contributed by atoms with Gasteiger partial charge in [-0.1, -0.05) is 24.3 Å². The Morgan fingerprint density at radius 1 is 1.22 bits per heavy atom. The third kappa shape index (κ3) is 2.27. The van der Waals surface area contributed by atoms with Crippen LogP contribution in [0.25, 0.3) is 0 Å². The minimum Gasteiger partial charge on any atom is -0.368 e. The number of nitrogens with one attached hydrogen (secondary N) is 1. The number of aryl methyl sites for hydroxylation is 1. The molecule has 0 spiro atoms. The normalized spacial score (nSPS) is 26.7. The summed E-state index contributed by atoms with van der Waals surface area (Å²) in [5.74, 6) is 0.0641. The van der Waals surface area contributed by atoms with Crippen molar-refractivity contribution < 1.29 is 9.53 Å². The average molecular weight is 245 g/mol. The second kappa shape index (κ2) is 5.11. The van der Waals surface area contributed by atoms with Crippen LogP contribution in [0.3, 0.4) is 0 Å². The van der Waals surface area contributed by atoms with Gasteiger partial charge in [0, 0.05) is 6.61 Å². The summed E-state index contributed by atoms with van der Waals surface area (Å²) in [7, 11) is 0. The van der Waals surface area contributed by atoms with Crippen LogP contribution in [0, 0.1) is 0 Å². The average Bonchev–Trinajstić information content (AvgIpc) is 2.93. The van der Waals surface area contributed by atoms with Gasteiger partial charge in [0.15, 0.2) is 0 Å². The predicted molar refractivity (Wildman–Crippen MR) is 69.2 cm³/mol. The van der Waals surface area contributed by atoms with Crippen molar-refractivity contribution in [1.82, 2.24) is 5.32 Å². The molecule has 0 bridgehead atoms. The van der Waals surface area contributed by atoms with Crippen LogP contribution in [0.15, 0.2) is 24.3 Å². The van der Waals surface area contributed by atoms with Crippen LogP contribution in [-0.4, -0.2) is 18.6 Å². The Balaban J connectivity index is 1.72. The van der Waals surface area contributed by atoms with E-state index >= 15 is 0 Å². The van der Waals surface area contributed by atoms with Crippen LogP contribution in [0.1, 0.15) is 42.9 Å². The van der Waals surface area contributed by atoms with E-state index in [2.05, 4.69) is 29.6 Å². The zero-order valence-corrected chi connectivity index (χ0v) is 10.5. The molecule has 3 nitrogen and oxygen atoms in total. The second-order valence-corrected chi connectivity index (χ2v) is 5.15. The highest BCUT2D eigenvalue weighted by Gasteiger charge is 2.27. The quantitative estimate of drug-likeness (QED) is 0.868. The maximum absolute atomic E-state index is 12.1. The molecule has 1 aromatic rings. The van der Waals surface area contributed by atoms with E-state index in [0.29, 0.717) is 0 Å². The van der Waals surface area contributed by atoms with Gasteiger partial charge in [-0.2, -0.15) is 0 Å². The summed E-state index contributed by atoms with van der Waals surface area (Å²) < 4.78 is 5.43. The highest BCUT2D eigenvalue weighted by atomic mass is 16.5. The fourth-order valence-electron chi connectivity index (χ4n) is 2.95. The van der Waals surface area contributed by atoms with Crippen molar-refractivity contribution in [2.75, 3.05) is 6.61 Å². The highest BCUT2D eigenvalue weighted by molar-refractivity contribution is 5.81. The van der Waals surface area contributed by atoms with Gasteiger partial charge in [-0.3, -0.25) is 4.79 Å². The Labute approximate surface area is 108 Å². The van der Waals surface area contributed by atoms with Crippen molar-refractivity contribution in [3.63, 3.8) is 0 Å². The Hall–Kier alpha value is -1.35. The summed E-state index contributed by atoms with van der Waals surface area (Å²) in [4.78, 5) is 12.1. The highest BCUT2D eigenvalue weighted by Crippen LogP contribution is 2.29. The van der Waals surface area contributed by atoms with Gasteiger partial charge in [-0.05, 0) is 43.2 Å². The fraction of sp³-hybridized carbons (Fsp3) is 0.533. The third-order valence-corrected chi connectivity index (χ3v) is 3.91. The second-order valence-electron chi connectivity index (χ2n) is 5.15. The molecule has 2 atom stereocenters. The minimum absolute atomic E-state index is 0.0641. The van der Waals surface area contributed by atoms with Gasteiger partial charge < -0.3 is 10.1 Å². The van der Waals surface area contributed by atoms with E-state index in [0.717, 1.165) is 38.7 Å². The number of carbonyl (C=O) groups excluding carboxylic acids is 1. The first-order chi connectivity index (χ1) is 8.84. The summed E-state index contributed by atoms with van der Waals surface area (Å²) in [5, 5.41) is 3.15. The number of ether oxygens (including phenoxy) is 1. The molecule has 3 rings (SSSR count). The first-order valence-corrected chi connectivity index (χ1v) is 6.84. The zero-order chi connectivity index (χ0) is 12.4. The van der Waals surface area contributed by atoms with Crippen molar-refractivity contribution >= 4 is 5.91 Å². The Bertz CT molecular complexity index is 438. The van der Waals surface area contributed by atoms with Gasteiger partial charge in [0.2, 0.25) is 5.91 Å². The number of benzene rings is 1. The monoisotopic (exact) mass is 245 g/mol. The molecule has 1 aliphatic heterocycles. The van der Waals surface area contributed by atoms with Crippen molar-refractivity contribution in [3.05, 3.63) is 35.4 Å². The number of hydrogen-bond donors (Lipinski definition) is 1. The van der Waals surface area contributed by atoms with Gasteiger partial charge in [-0.15, -0.1) is 0 Å². The predicted octanol–water partition coefficient (Wildman–Crippen LogP) is 2.36. The molecule has 1 fully saturated rings. The molecule has 0 saturated carbocycles. The standard InChI is InChI=1S/C15H19NO2/c17-15(14-9-4-10-18-14)16-13-8-3-6-11-5-1-2-7-12(11)13/h1-2,5,7,13-14H,3-4,6,8-10H2,(H,16,17)/t13-,14-/m0/s1. The molecule has 1 heterocycles. The Morgan fingerprint density at radius 3 is 2.94 bits per heavy atom. The topological polar surface area (TPSA) is 38.3 Å². The largest absolute Gasteiger partial charge is 0.368 e. The maximum atomic E-state index is 12.1. The molecule has 18 heavy (non-hydrogen) atoms. The first-order valence-electron chi connectivity index (χ1n) is 6.84. The summed E-state index contributed by atoms with van der Waals surface area (Å²) in [5.41, 5.74) is 2.66. The number of amides is 1. The van der Waals surface area contributed by atoms with E-state index in [1.54, 1.807) is 0 Å². The third-order valence-electron chi connectivity index (χ3n) is 3.91. The number of rotatable bonds is 2. The molecule has 1 amide bonds. The smallest absolute Gasteiger partial charge is 0.249 e. The van der Waals surface area contributed by atoms with Crippen molar-refractivity contribution in [2.24, 2.45) is 0 Å². The van der Waals surface area contributed by atoms with E-state index in [1.165, 1.54) is 11.1 Å². The number of carbonyl (C=O) groups is 1. The van der Waals surface area contributed by atoms with Crippen molar-refractivity contribution in [2.45, 2.75) is 44.2 Å². The molecule has 2 aliphatic rings. The SMILES string of the molecule is O=C(N[C@H]1CCCc2ccccc21)[C@@H]1CCCO1. The lowest BCUT2D eigenvalue weighted by Gasteiger charge is -2.27. The van der Waals surface area contributed by atoms with Gasteiger partial charge in [0.05, 0.1) is 6.04 Å². The van der Waals surface area contributed by atoms with Crippen LogP contribution in [0.5, 0.6) is 0 Å². The molecule has 0 radical (unpaired) electrons. The van der Waals surface area contributed by atoms with Crippen molar-refractivity contribution in [3.8, 4) is 0 Å². The minimum atomic E-state index is -0.223. The van der Waals surface area contributed by atoms with E-state index < -0.39 is 0 Å². The molecule has 1 aliphatic carbocycles. The van der Waals surface area contributed by atoms with Crippen LogP contribution < -0.4 is 5.32 Å². The Morgan fingerprint density at radius 2 is 2.11 bits per heavy atom. The van der Waals surface area contributed by atoms with Gasteiger partial charge in [-0.25, -0.2) is 0 Å². The maximum Gasteiger partial charge on any atom is 0.249 e. The molecule has 1 saturated heterocycles. The molecule has 1 aromatic carbocycles. The summed E-state index contributed by atoms with van der Waals surface area (Å²) in [6, 6.07) is 8.60. The lowest BCUT2D eigenvalue weighted by molar-refractivity contribution is -0.130. The zero-order valence-electron chi connectivity index (χ0n) is 10.5. The van der Waals surface area contributed by atoms with Crippen LogP contribution in [0.2, 0.25) is 0 Å². The molecule has 0 aromatic heterocycles. The molecule has 1 N–H and O–H groups in total. The van der Waals surface area contributed by atoms with E-state index in [4.69, 9.17) is 4.74 Å². The van der Waals surface area contributed by atoms with Crippen LogP contribution >= 0.6 is 0 Å². The molecule has 96 valence electrons. The van der Waals surface area contributed by atoms with Gasteiger partial charge in [0.25, 0.3) is 0 Å². The molecular weight excluding hydrogens is 226 g/mol. The van der Waals surface area contributed by atoms with Crippen LogP contribution in [-0.2, 0) is 16.0 Å². The van der Waals surface area contributed by atoms with Gasteiger partial charge in [0.1, 0.15) is 6.10 Å². The molecule has 3 heteroatoms. The fourth-order valence-corrected chi connectivity index (χ4v) is 2.95. The summed E-state index contributed by atoms with van der Waals surface area (Å²) >= 11 is 0. The van der Waals surface area contributed by atoms with Crippen LogP contribution in [0.4, 0.5) is 0 Å². The first kappa shape index (κ1) is 11.7. The Kier molecular flexibility index (Phi) is 3.33. The molecule has 0 unspecified atom stereocenters. The molecular formula is C15H19NO2. The van der Waals surface area contributed by atoms with Gasteiger partial charge >= 0.3 is 0 Å². The lowest BCUT2D eigenvalue weighted by atomic mass is 9.87.